The number of carbonyl (C=O) groups is 1. The van der Waals surface area contributed by atoms with Crippen molar-refractivity contribution in [3.05, 3.63) is 86.6 Å². The summed E-state index contributed by atoms with van der Waals surface area (Å²) in [6.07, 6.45) is 1.23. The molecule has 158 valence electrons. The highest BCUT2D eigenvalue weighted by Gasteiger charge is 2.17. The number of benzene rings is 2. The molecule has 0 saturated heterocycles. The van der Waals surface area contributed by atoms with Crippen molar-refractivity contribution in [1.29, 1.82) is 0 Å². The summed E-state index contributed by atoms with van der Waals surface area (Å²) >= 11 is 7.30. The SMILES string of the molecule is Cc1ccc(-c2csc3nc(NC(=O)c4cnc(-c5ccc(Cl)cc5)[nH]c4=O)nn23)cc1. The molecule has 0 bridgehead atoms. The lowest BCUT2D eigenvalue weighted by Crippen LogP contribution is -2.24. The average molecular weight is 463 g/mol. The van der Waals surface area contributed by atoms with Crippen LogP contribution in [0.25, 0.3) is 27.6 Å². The molecule has 0 unspecified atom stereocenters. The molecule has 0 aliphatic carbocycles. The van der Waals surface area contributed by atoms with E-state index in [1.807, 2.05) is 36.6 Å². The topological polar surface area (TPSA) is 105 Å². The number of aromatic amines is 1. The van der Waals surface area contributed by atoms with Gasteiger partial charge in [0.1, 0.15) is 11.4 Å². The molecule has 8 nitrogen and oxygen atoms in total. The fourth-order valence-corrected chi connectivity index (χ4v) is 4.09. The Bertz CT molecular complexity index is 1500. The van der Waals surface area contributed by atoms with Crippen molar-refractivity contribution in [3.63, 3.8) is 0 Å². The van der Waals surface area contributed by atoms with Crippen LogP contribution < -0.4 is 10.9 Å². The van der Waals surface area contributed by atoms with Crippen molar-refractivity contribution in [2.24, 2.45) is 0 Å². The van der Waals surface area contributed by atoms with Crippen LogP contribution in [-0.2, 0) is 0 Å². The number of anilines is 1. The maximum absolute atomic E-state index is 12.6. The summed E-state index contributed by atoms with van der Waals surface area (Å²) in [7, 11) is 0. The second kappa shape index (κ2) is 8.03. The summed E-state index contributed by atoms with van der Waals surface area (Å²) in [5.41, 5.74) is 2.99. The first-order chi connectivity index (χ1) is 15.5. The predicted molar refractivity (Wildman–Crippen MR) is 124 cm³/mol. The first-order valence-electron chi connectivity index (χ1n) is 9.56. The minimum absolute atomic E-state index is 0.108. The largest absolute Gasteiger partial charge is 0.306 e. The Kier molecular flexibility index (Phi) is 5.04. The van der Waals surface area contributed by atoms with Gasteiger partial charge in [0, 0.05) is 27.7 Å². The first kappa shape index (κ1) is 20.1. The van der Waals surface area contributed by atoms with Gasteiger partial charge in [0.15, 0.2) is 0 Å². The normalized spacial score (nSPS) is 11.1. The van der Waals surface area contributed by atoms with Gasteiger partial charge >= 0.3 is 0 Å². The van der Waals surface area contributed by atoms with Gasteiger partial charge < -0.3 is 4.98 Å². The fourth-order valence-electron chi connectivity index (χ4n) is 3.14. The van der Waals surface area contributed by atoms with Crippen LogP contribution in [0, 0.1) is 6.92 Å². The molecule has 3 heterocycles. The Hall–Kier alpha value is -3.82. The number of nitrogens with one attached hydrogen (secondary N) is 2. The van der Waals surface area contributed by atoms with Gasteiger partial charge in [0.2, 0.25) is 4.96 Å². The van der Waals surface area contributed by atoms with Crippen LogP contribution in [0.15, 0.2) is 64.9 Å². The van der Waals surface area contributed by atoms with Crippen molar-refractivity contribution in [1.82, 2.24) is 24.6 Å². The molecule has 5 rings (SSSR count). The summed E-state index contributed by atoms with van der Waals surface area (Å²) in [4.78, 5) is 36.9. The quantitative estimate of drug-likeness (QED) is 0.411. The summed E-state index contributed by atoms with van der Waals surface area (Å²) in [6, 6.07) is 14.9. The third kappa shape index (κ3) is 3.79. The van der Waals surface area contributed by atoms with E-state index in [9.17, 15) is 9.59 Å². The van der Waals surface area contributed by atoms with Crippen molar-refractivity contribution in [3.8, 4) is 22.6 Å². The zero-order valence-corrected chi connectivity index (χ0v) is 18.2. The van der Waals surface area contributed by atoms with E-state index in [1.54, 1.807) is 28.8 Å². The number of thiazole rings is 1. The van der Waals surface area contributed by atoms with Crippen LogP contribution in [0.5, 0.6) is 0 Å². The van der Waals surface area contributed by atoms with Crippen LogP contribution >= 0.6 is 22.9 Å². The van der Waals surface area contributed by atoms with E-state index in [1.165, 1.54) is 17.5 Å². The molecule has 0 atom stereocenters. The van der Waals surface area contributed by atoms with E-state index in [0.717, 1.165) is 16.8 Å². The van der Waals surface area contributed by atoms with Crippen LogP contribution in [-0.4, -0.2) is 30.5 Å². The molecule has 10 heteroatoms. The number of amides is 1. The molecule has 0 saturated carbocycles. The van der Waals surface area contributed by atoms with Gasteiger partial charge in [-0.2, -0.15) is 4.98 Å². The maximum Gasteiger partial charge on any atom is 0.265 e. The molecular weight excluding hydrogens is 448 g/mol. The number of carbonyl (C=O) groups excluding carboxylic acids is 1. The lowest BCUT2D eigenvalue weighted by Gasteiger charge is -2.03. The highest BCUT2D eigenvalue weighted by molar-refractivity contribution is 7.15. The molecule has 2 N–H and O–H groups in total. The second-order valence-corrected chi connectivity index (χ2v) is 8.33. The number of hydrogen-bond donors (Lipinski definition) is 2. The van der Waals surface area contributed by atoms with Gasteiger partial charge in [0.05, 0.1) is 5.69 Å². The Labute approximate surface area is 190 Å². The van der Waals surface area contributed by atoms with Crippen LogP contribution in [0.1, 0.15) is 15.9 Å². The van der Waals surface area contributed by atoms with E-state index in [0.29, 0.717) is 21.4 Å². The predicted octanol–water partition coefficient (Wildman–Crippen LogP) is 4.42. The first-order valence-corrected chi connectivity index (χ1v) is 10.8. The molecule has 5 aromatic rings. The Morgan fingerprint density at radius 1 is 1.09 bits per heavy atom. The van der Waals surface area contributed by atoms with Crippen molar-refractivity contribution >= 4 is 39.8 Å². The van der Waals surface area contributed by atoms with Crippen molar-refractivity contribution in [2.75, 3.05) is 5.32 Å². The van der Waals surface area contributed by atoms with E-state index in [4.69, 9.17) is 11.6 Å². The molecular formula is C22H15ClN6O2S. The summed E-state index contributed by atoms with van der Waals surface area (Å²) in [5, 5.41) is 9.48. The molecule has 0 fully saturated rings. The third-order valence-electron chi connectivity index (χ3n) is 4.82. The molecule has 0 spiro atoms. The van der Waals surface area contributed by atoms with Gasteiger partial charge in [-0.1, -0.05) is 41.4 Å². The maximum atomic E-state index is 12.6. The summed E-state index contributed by atoms with van der Waals surface area (Å²) in [6.45, 7) is 2.02. The molecule has 32 heavy (non-hydrogen) atoms. The molecule has 1 amide bonds. The van der Waals surface area contributed by atoms with Gasteiger partial charge in [-0.25, -0.2) is 9.50 Å². The molecule has 3 aromatic heterocycles. The van der Waals surface area contributed by atoms with Gasteiger partial charge in [-0.05, 0) is 31.2 Å². The summed E-state index contributed by atoms with van der Waals surface area (Å²) < 4.78 is 1.66. The number of H-pyrrole nitrogens is 1. The van der Waals surface area contributed by atoms with Crippen LogP contribution in [0.4, 0.5) is 5.95 Å². The van der Waals surface area contributed by atoms with Gasteiger partial charge in [0.25, 0.3) is 17.4 Å². The average Bonchev–Trinajstić information content (AvgIpc) is 3.35. The Morgan fingerprint density at radius 3 is 2.53 bits per heavy atom. The van der Waals surface area contributed by atoms with Crippen LogP contribution in [0.3, 0.4) is 0 Å². The highest BCUT2D eigenvalue weighted by atomic mass is 35.5. The minimum atomic E-state index is -0.642. The standard InChI is InChI=1S/C22H15ClN6O2S/c1-12-2-4-13(5-3-12)17-11-32-22-27-21(28-29(17)22)26-20(31)16-10-24-18(25-19(16)30)14-6-8-15(23)9-7-14/h2-11H,1H3,(H,24,25,30)(H,26,28,31). The zero-order chi connectivity index (χ0) is 22.2. The van der Waals surface area contributed by atoms with Crippen molar-refractivity contribution in [2.45, 2.75) is 6.92 Å². The monoisotopic (exact) mass is 462 g/mol. The van der Waals surface area contributed by atoms with Gasteiger partial charge in [-0.15, -0.1) is 16.4 Å². The third-order valence-corrected chi connectivity index (χ3v) is 5.88. The fraction of sp³-hybridized carbons (Fsp3) is 0.0455. The molecule has 0 aliphatic heterocycles. The Morgan fingerprint density at radius 2 is 1.81 bits per heavy atom. The van der Waals surface area contributed by atoms with E-state index >= 15 is 0 Å². The number of hydrogen-bond acceptors (Lipinski definition) is 6. The minimum Gasteiger partial charge on any atom is -0.306 e. The lowest BCUT2D eigenvalue weighted by molar-refractivity contribution is 0.102. The lowest BCUT2D eigenvalue weighted by atomic mass is 10.1. The van der Waals surface area contributed by atoms with E-state index in [-0.39, 0.29) is 11.5 Å². The number of nitrogens with zero attached hydrogens (tertiary/aromatic N) is 4. The van der Waals surface area contributed by atoms with E-state index in [2.05, 4.69) is 25.4 Å². The number of halogens is 1. The molecule has 0 aliphatic rings. The van der Waals surface area contributed by atoms with Gasteiger partial charge in [-0.3, -0.25) is 14.9 Å². The zero-order valence-electron chi connectivity index (χ0n) is 16.7. The summed E-state index contributed by atoms with van der Waals surface area (Å²) in [5.74, 6) is -0.195. The number of aryl methyl sites for hydroxylation is 1. The smallest absolute Gasteiger partial charge is 0.265 e. The Balaban J connectivity index is 1.39. The second-order valence-electron chi connectivity index (χ2n) is 7.05. The number of rotatable bonds is 4. The van der Waals surface area contributed by atoms with Crippen molar-refractivity contribution < 1.29 is 4.79 Å². The van der Waals surface area contributed by atoms with Crippen LogP contribution in [0.2, 0.25) is 5.02 Å². The molecule has 2 aromatic carbocycles. The number of fused-ring (bicyclic) bond motifs is 1. The number of aromatic nitrogens is 5. The highest BCUT2D eigenvalue weighted by Crippen LogP contribution is 2.26. The molecule has 0 radical (unpaired) electrons. The van der Waals surface area contributed by atoms with E-state index < -0.39 is 11.5 Å².